The second kappa shape index (κ2) is 7.02. The minimum Gasteiger partial charge on any atom is -0.480 e. The number of thioether (sulfide) groups is 1. The van der Waals surface area contributed by atoms with Gasteiger partial charge in [0.15, 0.2) is 5.41 Å². The first-order valence-corrected chi connectivity index (χ1v) is 7.22. The van der Waals surface area contributed by atoms with Gasteiger partial charge in [-0.2, -0.15) is 11.8 Å². The maximum Gasteiger partial charge on any atom is 0.324 e. The van der Waals surface area contributed by atoms with E-state index in [0.29, 0.717) is 12.8 Å². The Morgan fingerprint density at radius 3 is 2.11 bits per heavy atom. The number of carbonyl (C=O) groups is 2. The Bertz CT molecular complexity index is 296. The first-order valence-electron chi connectivity index (χ1n) is 6.24. The lowest BCUT2D eigenvalue weighted by molar-refractivity contribution is -0.167. The zero-order valence-electron chi connectivity index (χ0n) is 11.9. The fraction of sp³-hybridized carbons (Fsp3) is 0.846. The Labute approximate surface area is 113 Å². The fourth-order valence-corrected chi connectivity index (χ4v) is 2.59. The molecule has 0 rings (SSSR count). The highest BCUT2D eigenvalue weighted by Gasteiger charge is 2.47. The van der Waals surface area contributed by atoms with Crippen molar-refractivity contribution in [3.05, 3.63) is 0 Å². The standard InChI is InChI=1S/C13H24O4S/c1-6-8-13(10(14)15,11(16)17-7-2)9-18-12(3,4)5/h6-9H2,1-5H3,(H,14,15)/t13-/m1/s1. The van der Waals surface area contributed by atoms with Gasteiger partial charge in [0.05, 0.1) is 6.61 Å². The maximum atomic E-state index is 12.0. The van der Waals surface area contributed by atoms with Crippen molar-refractivity contribution >= 4 is 23.7 Å². The van der Waals surface area contributed by atoms with Gasteiger partial charge in [-0.25, -0.2) is 0 Å². The number of hydrogen-bond acceptors (Lipinski definition) is 4. The maximum absolute atomic E-state index is 12.0. The molecule has 0 aliphatic carbocycles. The van der Waals surface area contributed by atoms with Gasteiger partial charge in [-0.3, -0.25) is 9.59 Å². The molecule has 0 spiro atoms. The Balaban J connectivity index is 5.09. The lowest BCUT2D eigenvalue weighted by Gasteiger charge is -2.29. The lowest BCUT2D eigenvalue weighted by Crippen LogP contribution is -2.43. The third-order valence-electron chi connectivity index (χ3n) is 2.50. The summed E-state index contributed by atoms with van der Waals surface area (Å²) in [5.41, 5.74) is -1.41. The summed E-state index contributed by atoms with van der Waals surface area (Å²) in [6, 6.07) is 0. The van der Waals surface area contributed by atoms with Crippen molar-refractivity contribution < 1.29 is 19.4 Å². The van der Waals surface area contributed by atoms with Gasteiger partial charge in [0.2, 0.25) is 0 Å². The number of carboxylic acid groups (broad SMARTS) is 1. The Morgan fingerprint density at radius 2 is 1.78 bits per heavy atom. The molecule has 5 heteroatoms. The van der Waals surface area contributed by atoms with E-state index in [-0.39, 0.29) is 17.1 Å². The molecule has 0 aliphatic rings. The summed E-state index contributed by atoms with van der Waals surface area (Å²) in [5, 5.41) is 9.43. The molecule has 0 saturated heterocycles. The number of ether oxygens (including phenoxy) is 1. The smallest absolute Gasteiger partial charge is 0.324 e. The van der Waals surface area contributed by atoms with E-state index in [9.17, 15) is 14.7 Å². The predicted molar refractivity (Wildman–Crippen MR) is 73.8 cm³/mol. The van der Waals surface area contributed by atoms with E-state index in [4.69, 9.17) is 4.74 Å². The molecule has 0 fully saturated rings. The minimum atomic E-state index is -1.41. The molecule has 0 aromatic carbocycles. The van der Waals surface area contributed by atoms with Crippen LogP contribution in [0.25, 0.3) is 0 Å². The van der Waals surface area contributed by atoms with Crippen molar-refractivity contribution in [1.82, 2.24) is 0 Å². The van der Waals surface area contributed by atoms with Crippen molar-refractivity contribution in [3.8, 4) is 0 Å². The predicted octanol–water partition coefficient (Wildman–Crippen LogP) is 2.95. The number of carbonyl (C=O) groups excluding carboxylic acids is 1. The van der Waals surface area contributed by atoms with Crippen LogP contribution in [0.5, 0.6) is 0 Å². The molecule has 0 saturated carbocycles. The van der Waals surface area contributed by atoms with Gasteiger partial charge in [0.1, 0.15) is 0 Å². The Hall–Kier alpha value is -0.710. The molecule has 1 atom stereocenters. The summed E-state index contributed by atoms with van der Waals surface area (Å²) in [6.07, 6.45) is 0.945. The average molecular weight is 276 g/mol. The molecular weight excluding hydrogens is 252 g/mol. The van der Waals surface area contributed by atoms with Crippen LogP contribution in [0.3, 0.4) is 0 Å². The number of esters is 1. The summed E-state index contributed by atoms with van der Waals surface area (Å²) in [4.78, 5) is 23.5. The van der Waals surface area contributed by atoms with E-state index in [2.05, 4.69) is 0 Å². The number of hydrogen-bond donors (Lipinski definition) is 1. The third kappa shape index (κ3) is 4.88. The quantitative estimate of drug-likeness (QED) is 0.572. The van der Waals surface area contributed by atoms with E-state index in [1.54, 1.807) is 6.92 Å². The number of aliphatic carboxylic acids is 1. The topological polar surface area (TPSA) is 63.6 Å². The first-order chi connectivity index (χ1) is 8.19. The van der Waals surface area contributed by atoms with Crippen LogP contribution in [0.4, 0.5) is 0 Å². The van der Waals surface area contributed by atoms with Gasteiger partial charge in [-0.1, -0.05) is 34.1 Å². The van der Waals surface area contributed by atoms with Crippen LogP contribution >= 0.6 is 11.8 Å². The van der Waals surface area contributed by atoms with E-state index in [0.717, 1.165) is 0 Å². The first kappa shape index (κ1) is 17.3. The van der Waals surface area contributed by atoms with Gasteiger partial charge in [0, 0.05) is 10.5 Å². The molecule has 0 radical (unpaired) electrons. The molecule has 0 bridgehead atoms. The van der Waals surface area contributed by atoms with E-state index < -0.39 is 17.4 Å². The normalized spacial score (nSPS) is 14.9. The van der Waals surface area contributed by atoms with Gasteiger partial charge >= 0.3 is 11.9 Å². The second-order valence-electron chi connectivity index (χ2n) is 5.26. The monoisotopic (exact) mass is 276 g/mol. The lowest BCUT2D eigenvalue weighted by atomic mass is 9.85. The van der Waals surface area contributed by atoms with E-state index in [1.807, 2.05) is 27.7 Å². The highest BCUT2D eigenvalue weighted by molar-refractivity contribution is 8.00. The average Bonchev–Trinajstić information content (AvgIpc) is 2.22. The summed E-state index contributed by atoms with van der Waals surface area (Å²) in [5.74, 6) is -1.45. The number of carboxylic acids is 1. The van der Waals surface area contributed by atoms with Gasteiger partial charge in [0.25, 0.3) is 0 Å². The van der Waals surface area contributed by atoms with Crippen molar-refractivity contribution in [2.24, 2.45) is 5.41 Å². The molecule has 0 aromatic heterocycles. The fourth-order valence-electron chi connectivity index (χ4n) is 1.52. The summed E-state index contributed by atoms with van der Waals surface area (Å²) in [6.45, 7) is 9.77. The molecule has 106 valence electrons. The molecular formula is C13H24O4S. The molecule has 18 heavy (non-hydrogen) atoms. The zero-order chi connectivity index (χ0) is 14.4. The van der Waals surface area contributed by atoms with E-state index in [1.165, 1.54) is 11.8 Å². The van der Waals surface area contributed by atoms with E-state index >= 15 is 0 Å². The zero-order valence-corrected chi connectivity index (χ0v) is 12.7. The molecule has 0 amide bonds. The molecule has 4 nitrogen and oxygen atoms in total. The summed E-state index contributed by atoms with van der Waals surface area (Å²) < 4.78 is 4.87. The Morgan fingerprint density at radius 1 is 1.22 bits per heavy atom. The van der Waals surface area contributed by atoms with Crippen LogP contribution in [0.15, 0.2) is 0 Å². The van der Waals surface area contributed by atoms with Crippen LogP contribution in [-0.4, -0.2) is 34.2 Å². The van der Waals surface area contributed by atoms with Crippen LogP contribution in [0, 0.1) is 5.41 Å². The second-order valence-corrected chi connectivity index (χ2v) is 7.06. The van der Waals surface area contributed by atoms with Crippen LogP contribution < -0.4 is 0 Å². The molecule has 0 aromatic rings. The van der Waals surface area contributed by atoms with Gasteiger partial charge in [-0.05, 0) is 13.3 Å². The van der Waals surface area contributed by atoms with Crippen LogP contribution in [0.2, 0.25) is 0 Å². The molecule has 0 unspecified atom stereocenters. The SMILES string of the molecule is CCC[C@@](CSC(C)(C)C)(C(=O)O)C(=O)OCC. The summed E-state index contributed by atoms with van der Waals surface area (Å²) >= 11 is 1.48. The van der Waals surface area contributed by atoms with Crippen molar-refractivity contribution in [1.29, 1.82) is 0 Å². The van der Waals surface area contributed by atoms with Crippen LogP contribution in [-0.2, 0) is 14.3 Å². The minimum absolute atomic E-state index is 0.0824. The Kier molecular flexibility index (Phi) is 6.74. The summed E-state index contributed by atoms with van der Waals surface area (Å²) in [7, 11) is 0. The molecule has 1 N–H and O–H groups in total. The highest BCUT2D eigenvalue weighted by Crippen LogP contribution is 2.36. The van der Waals surface area contributed by atoms with Crippen molar-refractivity contribution in [2.45, 2.75) is 52.2 Å². The molecule has 0 heterocycles. The largest absolute Gasteiger partial charge is 0.480 e. The number of rotatable bonds is 7. The molecule has 0 aliphatic heterocycles. The van der Waals surface area contributed by atoms with Gasteiger partial charge in [-0.15, -0.1) is 0 Å². The van der Waals surface area contributed by atoms with Gasteiger partial charge < -0.3 is 9.84 Å². The highest BCUT2D eigenvalue weighted by atomic mass is 32.2. The van der Waals surface area contributed by atoms with Crippen molar-refractivity contribution in [3.63, 3.8) is 0 Å². The van der Waals surface area contributed by atoms with Crippen LogP contribution in [0.1, 0.15) is 47.5 Å². The third-order valence-corrected chi connectivity index (χ3v) is 4.01. The van der Waals surface area contributed by atoms with Crippen molar-refractivity contribution in [2.75, 3.05) is 12.4 Å².